The van der Waals surface area contributed by atoms with Gasteiger partial charge in [0.05, 0.1) is 0 Å². The van der Waals surface area contributed by atoms with Gasteiger partial charge in [-0.05, 0) is 30.0 Å². The van der Waals surface area contributed by atoms with E-state index in [1.165, 1.54) is 6.07 Å². The van der Waals surface area contributed by atoms with E-state index >= 15 is 0 Å². The molecule has 0 aromatic heterocycles. The Balaban J connectivity index is 2.11. The van der Waals surface area contributed by atoms with Crippen LogP contribution in [0.2, 0.25) is 0 Å². The van der Waals surface area contributed by atoms with E-state index in [0.717, 1.165) is 17.0 Å². The van der Waals surface area contributed by atoms with Gasteiger partial charge in [-0.2, -0.15) is 0 Å². The number of urea groups is 1. The molecular formula is C14H16F2N2O2. The summed E-state index contributed by atoms with van der Waals surface area (Å²) < 4.78 is 26.1. The number of nitrogens with zero attached hydrogens (tertiary/aromatic N) is 1. The van der Waals surface area contributed by atoms with Crippen LogP contribution in [-0.4, -0.2) is 29.4 Å². The van der Waals surface area contributed by atoms with Crippen LogP contribution in [0, 0.1) is 11.6 Å². The van der Waals surface area contributed by atoms with Gasteiger partial charge in [-0.25, -0.2) is 13.6 Å². The summed E-state index contributed by atoms with van der Waals surface area (Å²) in [5, 5.41) is 2.58. The van der Waals surface area contributed by atoms with Crippen molar-refractivity contribution in [3.05, 3.63) is 35.4 Å². The van der Waals surface area contributed by atoms with Crippen molar-refractivity contribution in [3.63, 3.8) is 0 Å². The zero-order valence-corrected chi connectivity index (χ0v) is 11.3. The summed E-state index contributed by atoms with van der Waals surface area (Å²) in [6.07, 6.45) is 0.528. The molecule has 0 bridgehead atoms. The number of hydrogen-bond donors (Lipinski definition) is 1. The maximum absolute atomic E-state index is 13.2. The standard InChI is InChI=1S/C14H16F2N2O2/c1-3-12-13(19)18(14(20)17-12)7-8(2)9-4-5-10(15)11(16)6-9/h4-6,8,12H,3,7H2,1-2H3,(H,17,20)/t8-,12-/m0/s1. The van der Waals surface area contributed by atoms with Crippen LogP contribution in [0.5, 0.6) is 0 Å². The molecule has 6 heteroatoms. The first-order valence-electron chi connectivity index (χ1n) is 6.50. The topological polar surface area (TPSA) is 49.4 Å². The van der Waals surface area contributed by atoms with Crippen LogP contribution in [0.1, 0.15) is 31.7 Å². The summed E-state index contributed by atoms with van der Waals surface area (Å²) in [5.74, 6) is -2.39. The monoisotopic (exact) mass is 282 g/mol. The van der Waals surface area contributed by atoms with E-state index in [4.69, 9.17) is 0 Å². The summed E-state index contributed by atoms with van der Waals surface area (Å²) in [7, 11) is 0. The normalized spacial score (nSPS) is 20.2. The van der Waals surface area contributed by atoms with Crippen molar-refractivity contribution < 1.29 is 18.4 Å². The molecule has 3 amide bonds. The Morgan fingerprint density at radius 3 is 2.55 bits per heavy atom. The van der Waals surface area contributed by atoms with Crippen LogP contribution >= 0.6 is 0 Å². The van der Waals surface area contributed by atoms with Crippen molar-refractivity contribution >= 4 is 11.9 Å². The summed E-state index contributed by atoms with van der Waals surface area (Å²) in [6, 6.07) is 2.67. The predicted molar refractivity (Wildman–Crippen MR) is 69.1 cm³/mol. The van der Waals surface area contributed by atoms with E-state index < -0.39 is 23.7 Å². The van der Waals surface area contributed by atoms with E-state index in [0.29, 0.717) is 12.0 Å². The third-order valence-corrected chi connectivity index (χ3v) is 3.48. The molecule has 0 saturated carbocycles. The second kappa shape index (κ2) is 5.56. The van der Waals surface area contributed by atoms with Crippen LogP contribution in [-0.2, 0) is 4.79 Å². The lowest BCUT2D eigenvalue weighted by molar-refractivity contribution is -0.127. The number of carbonyl (C=O) groups excluding carboxylic acids is 2. The number of rotatable bonds is 4. The van der Waals surface area contributed by atoms with Crippen LogP contribution in [0.15, 0.2) is 18.2 Å². The fourth-order valence-electron chi connectivity index (χ4n) is 2.22. The van der Waals surface area contributed by atoms with Crippen molar-refractivity contribution in [2.75, 3.05) is 6.54 Å². The minimum Gasteiger partial charge on any atom is -0.326 e. The summed E-state index contributed by atoms with van der Waals surface area (Å²) in [4.78, 5) is 24.8. The van der Waals surface area contributed by atoms with Crippen molar-refractivity contribution in [2.24, 2.45) is 0 Å². The summed E-state index contributed by atoms with van der Waals surface area (Å²) >= 11 is 0. The summed E-state index contributed by atoms with van der Waals surface area (Å²) in [5.41, 5.74) is 0.546. The van der Waals surface area contributed by atoms with Crippen LogP contribution < -0.4 is 5.32 Å². The zero-order chi connectivity index (χ0) is 14.9. The smallest absolute Gasteiger partial charge is 0.324 e. The Bertz CT molecular complexity index is 548. The Kier molecular flexibility index (Phi) is 4.01. The van der Waals surface area contributed by atoms with Crippen LogP contribution in [0.3, 0.4) is 0 Å². The SMILES string of the molecule is CC[C@@H]1NC(=O)N(C[C@H](C)c2ccc(F)c(F)c2)C1=O. The zero-order valence-electron chi connectivity index (χ0n) is 11.3. The molecule has 0 unspecified atom stereocenters. The highest BCUT2D eigenvalue weighted by molar-refractivity contribution is 6.04. The highest BCUT2D eigenvalue weighted by Crippen LogP contribution is 2.21. The molecule has 20 heavy (non-hydrogen) atoms. The largest absolute Gasteiger partial charge is 0.326 e. The van der Waals surface area contributed by atoms with Gasteiger partial charge in [0.1, 0.15) is 6.04 Å². The lowest BCUT2D eigenvalue weighted by Crippen LogP contribution is -2.34. The average Bonchev–Trinajstić information content (AvgIpc) is 2.69. The lowest BCUT2D eigenvalue weighted by atomic mass is 10.0. The quantitative estimate of drug-likeness (QED) is 0.862. The molecule has 1 aromatic carbocycles. The fraction of sp³-hybridized carbons (Fsp3) is 0.429. The minimum absolute atomic E-state index is 0.145. The number of hydrogen-bond acceptors (Lipinski definition) is 2. The van der Waals surface area contributed by atoms with Gasteiger partial charge in [0.25, 0.3) is 5.91 Å². The fourth-order valence-corrected chi connectivity index (χ4v) is 2.22. The molecule has 1 saturated heterocycles. The molecule has 108 valence electrons. The number of imide groups is 1. The van der Waals surface area contributed by atoms with E-state index in [2.05, 4.69) is 5.32 Å². The maximum atomic E-state index is 13.2. The number of nitrogens with one attached hydrogen (secondary N) is 1. The first-order chi connectivity index (χ1) is 9.43. The number of carbonyl (C=O) groups is 2. The van der Waals surface area contributed by atoms with Crippen molar-refractivity contribution in [1.82, 2.24) is 10.2 Å². The third-order valence-electron chi connectivity index (χ3n) is 3.48. The Labute approximate surface area is 115 Å². The summed E-state index contributed by atoms with van der Waals surface area (Å²) in [6.45, 7) is 3.71. The molecule has 0 aliphatic carbocycles. The molecule has 1 aliphatic rings. The Hall–Kier alpha value is -1.98. The molecule has 1 heterocycles. The second-order valence-corrected chi connectivity index (χ2v) is 4.93. The second-order valence-electron chi connectivity index (χ2n) is 4.93. The van der Waals surface area contributed by atoms with Gasteiger partial charge in [0, 0.05) is 6.54 Å². The van der Waals surface area contributed by atoms with E-state index in [1.54, 1.807) is 6.92 Å². The maximum Gasteiger partial charge on any atom is 0.324 e. The number of halogens is 2. The Morgan fingerprint density at radius 1 is 1.30 bits per heavy atom. The molecule has 4 nitrogen and oxygen atoms in total. The van der Waals surface area contributed by atoms with Gasteiger partial charge in [-0.3, -0.25) is 9.69 Å². The molecule has 2 atom stereocenters. The van der Waals surface area contributed by atoms with E-state index in [-0.39, 0.29) is 18.4 Å². The van der Waals surface area contributed by atoms with Crippen molar-refractivity contribution in [2.45, 2.75) is 32.2 Å². The Morgan fingerprint density at radius 2 is 2.00 bits per heavy atom. The van der Waals surface area contributed by atoms with Gasteiger partial charge in [0.15, 0.2) is 11.6 Å². The minimum atomic E-state index is -0.932. The molecule has 0 radical (unpaired) electrons. The molecule has 1 fully saturated rings. The average molecular weight is 282 g/mol. The van der Waals surface area contributed by atoms with Gasteiger partial charge >= 0.3 is 6.03 Å². The molecule has 2 rings (SSSR count). The highest BCUT2D eigenvalue weighted by atomic mass is 19.2. The molecule has 1 aliphatic heterocycles. The van der Waals surface area contributed by atoms with Crippen LogP contribution in [0.4, 0.5) is 13.6 Å². The van der Waals surface area contributed by atoms with E-state index in [9.17, 15) is 18.4 Å². The first-order valence-corrected chi connectivity index (χ1v) is 6.50. The van der Waals surface area contributed by atoms with Gasteiger partial charge in [0.2, 0.25) is 0 Å². The predicted octanol–water partition coefficient (Wildman–Crippen LogP) is 2.40. The highest BCUT2D eigenvalue weighted by Gasteiger charge is 2.37. The number of benzene rings is 1. The molecule has 0 spiro atoms. The van der Waals surface area contributed by atoms with E-state index in [1.807, 2.05) is 6.92 Å². The van der Waals surface area contributed by atoms with Crippen LogP contribution in [0.25, 0.3) is 0 Å². The van der Waals surface area contributed by atoms with Crippen molar-refractivity contribution in [3.8, 4) is 0 Å². The van der Waals surface area contributed by atoms with Gasteiger partial charge < -0.3 is 5.32 Å². The molecular weight excluding hydrogens is 266 g/mol. The molecule has 1 aromatic rings. The number of amides is 3. The van der Waals surface area contributed by atoms with Gasteiger partial charge in [-0.1, -0.05) is 19.9 Å². The van der Waals surface area contributed by atoms with Crippen molar-refractivity contribution in [1.29, 1.82) is 0 Å². The third kappa shape index (κ3) is 2.64. The molecule has 1 N–H and O–H groups in total. The first kappa shape index (κ1) is 14.4. The lowest BCUT2D eigenvalue weighted by Gasteiger charge is -2.19. The van der Waals surface area contributed by atoms with Gasteiger partial charge in [-0.15, -0.1) is 0 Å².